The molecule has 0 aromatic rings. The maximum atomic E-state index is 11.7. The average Bonchev–Trinajstić information content (AvgIpc) is 2.55. The maximum absolute atomic E-state index is 11.7. The standard InChI is InChI=1S/C17H33N3O4/c1-14(2)11-15(13-21)20-19-12-16(22)9-7-5-4-6-8-10-18-17(23)24-3/h13-15,19-20H,4-12H2,1-3H3,(H,18,23)/t15-/m0/s1. The van der Waals surface area contributed by atoms with E-state index in [-0.39, 0.29) is 18.4 Å². The first-order valence-electron chi connectivity index (χ1n) is 8.76. The van der Waals surface area contributed by atoms with E-state index in [1.807, 2.05) is 0 Å². The van der Waals surface area contributed by atoms with Crippen LogP contribution in [-0.2, 0) is 14.3 Å². The first kappa shape index (κ1) is 22.5. The SMILES string of the molecule is COC(=O)NCCCCCCCC(=O)CNN[C@H](C=O)CC(C)C. The van der Waals surface area contributed by atoms with E-state index in [0.717, 1.165) is 44.8 Å². The van der Waals surface area contributed by atoms with Crippen molar-refractivity contribution in [1.82, 2.24) is 16.2 Å². The number of methoxy groups -OCH3 is 1. The normalized spacial score (nSPS) is 12.0. The Hall–Kier alpha value is -1.47. The van der Waals surface area contributed by atoms with Gasteiger partial charge in [-0.25, -0.2) is 15.6 Å². The monoisotopic (exact) mass is 343 g/mol. The van der Waals surface area contributed by atoms with Crippen molar-refractivity contribution < 1.29 is 19.1 Å². The summed E-state index contributed by atoms with van der Waals surface area (Å²) in [6.45, 7) is 4.96. The Labute approximate surface area is 145 Å². The van der Waals surface area contributed by atoms with Crippen molar-refractivity contribution in [2.75, 3.05) is 20.2 Å². The fourth-order valence-electron chi connectivity index (χ4n) is 2.27. The topological polar surface area (TPSA) is 96.5 Å². The molecule has 7 heteroatoms. The highest BCUT2D eigenvalue weighted by molar-refractivity contribution is 5.80. The minimum Gasteiger partial charge on any atom is -0.453 e. The largest absolute Gasteiger partial charge is 0.453 e. The molecule has 1 atom stereocenters. The molecule has 3 N–H and O–H groups in total. The Morgan fingerprint density at radius 2 is 1.75 bits per heavy atom. The number of alkyl carbamates (subject to hydrolysis) is 1. The Kier molecular flexibility index (Phi) is 14.2. The molecule has 0 aliphatic heterocycles. The van der Waals surface area contributed by atoms with Crippen LogP contribution in [0.25, 0.3) is 0 Å². The fraction of sp³-hybridized carbons (Fsp3) is 0.824. The molecule has 0 spiro atoms. The van der Waals surface area contributed by atoms with Gasteiger partial charge in [-0.1, -0.05) is 33.1 Å². The molecule has 0 radical (unpaired) electrons. The van der Waals surface area contributed by atoms with Crippen molar-refractivity contribution in [3.8, 4) is 0 Å². The lowest BCUT2D eigenvalue weighted by Gasteiger charge is -2.15. The number of ketones is 1. The van der Waals surface area contributed by atoms with E-state index in [9.17, 15) is 14.4 Å². The van der Waals surface area contributed by atoms with Crippen LogP contribution < -0.4 is 16.2 Å². The predicted molar refractivity (Wildman–Crippen MR) is 93.6 cm³/mol. The number of hydrazine groups is 1. The first-order chi connectivity index (χ1) is 11.5. The summed E-state index contributed by atoms with van der Waals surface area (Å²) in [5.74, 6) is 0.567. The number of hydrogen-bond donors (Lipinski definition) is 3. The van der Waals surface area contributed by atoms with Gasteiger partial charge in [-0.05, 0) is 25.2 Å². The van der Waals surface area contributed by atoms with Gasteiger partial charge >= 0.3 is 6.09 Å². The number of carbonyl (C=O) groups excluding carboxylic acids is 3. The predicted octanol–water partition coefficient (Wildman–Crippen LogP) is 1.96. The smallest absolute Gasteiger partial charge is 0.406 e. The number of ether oxygens (including phenoxy) is 1. The Morgan fingerprint density at radius 3 is 2.38 bits per heavy atom. The number of aldehydes is 1. The molecule has 7 nitrogen and oxygen atoms in total. The summed E-state index contributed by atoms with van der Waals surface area (Å²) in [5.41, 5.74) is 5.73. The molecular weight excluding hydrogens is 310 g/mol. The van der Waals surface area contributed by atoms with Gasteiger partial charge in [0, 0.05) is 13.0 Å². The Balaban J connectivity index is 3.46. The lowest BCUT2D eigenvalue weighted by molar-refractivity contribution is -0.119. The molecule has 0 aliphatic rings. The molecule has 0 saturated carbocycles. The van der Waals surface area contributed by atoms with Gasteiger partial charge in [-0.2, -0.15) is 0 Å². The minimum absolute atomic E-state index is 0.143. The van der Waals surface area contributed by atoms with E-state index < -0.39 is 6.09 Å². The van der Waals surface area contributed by atoms with Gasteiger partial charge in [0.2, 0.25) is 0 Å². The summed E-state index contributed by atoms with van der Waals surface area (Å²) in [6.07, 6.45) is 6.62. The summed E-state index contributed by atoms with van der Waals surface area (Å²) in [4.78, 5) is 33.4. The van der Waals surface area contributed by atoms with Crippen molar-refractivity contribution in [2.45, 2.75) is 64.8 Å². The molecule has 24 heavy (non-hydrogen) atoms. The Morgan fingerprint density at radius 1 is 1.08 bits per heavy atom. The molecule has 0 heterocycles. The molecule has 140 valence electrons. The van der Waals surface area contributed by atoms with Crippen LogP contribution in [0.2, 0.25) is 0 Å². The van der Waals surface area contributed by atoms with Gasteiger partial charge in [-0.3, -0.25) is 4.79 Å². The third-order valence-electron chi connectivity index (χ3n) is 3.55. The zero-order chi connectivity index (χ0) is 18.2. The van der Waals surface area contributed by atoms with Crippen LogP contribution in [0.5, 0.6) is 0 Å². The quantitative estimate of drug-likeness (QED) is 0.239. The summed E-state index contributed by atoms with van der Waals surface area (Å²) < 4.78 is 4.48. The highest BCUT2D eigenvalue weighted by atomic mass is 16.5. The Bertz CT molecular complexity index is 362. The van der Waals surface area contributed by atoms with Crippen LogP contribution in [0.3, 0.4) is 0 Å². The van der Waals surface area contributed by atoms with Crippen LogP contribution >= 0.6 is 0 Å². The van der Waals surface area contributed by atoms with Crippen molar-refractivity contribution in [1.29, 1.82) is 0 Å². The van der Waals surface area contributed by atoms with Gasteiger partial charge in [-0.15, -0.1) is 0 Å². The third kappa shape index (κ3) is 14.1. The highest BCUT2D eigenvalue weighted by Crippen LogP contribution is 2.05. The zero-order valence-electron chi connectivity index (χ0n) is 15.2. The average molecular weight is 343 g/mol. The molecule has 1 amide bonds. The number of unbranched alkanes of at least 4 members (excludes halogenated alkanes) is 4. The maximum Gasteiger partial charge on any atom is 0.406 e. The lowest BCUT2D eigenvalue weighted by atomic mass is 10.1. The van der Waals surface area contributed by atoms with E-state index in [1.165, 1.54) is 7.11 Å². The molecule has 0 aromatic heterocycles. The highest BCUT2D eigenvalue weighted by Gasteiger charge is 2.09. The van der Waals surface area contributed by atoms with Crippen LogP contribution in [0.15, 0.2) is 0 Å². The van der Waals surface area contributed by atoms with Gasteiger partial charge < -0.3 is 14.8 Å². The fourth-order valence-corrected chi connectivity index (χ4v) is 2.27. The minimum atomic E-state index is -0.396. The summed E-state index contributed by atoms with van der Waals surface area (Å²) in [5, 5.41) is 2.63. The third-order valence-corrected chi connectivity index (χ3v) is 3.55. The number of rotatable bonds is 15. The number of hydrogen-bond acceptors (Lipinski definition) is 6. The van der Waals surface area contributed by atoms with E-state index in [1.54, 1.807) is 0 Å². The van der Waals surface area contributed by atoms with Gasteiger partial charge in [0.1, 0.15) is 12.1 Å². The number of amides is 1. The molecule has 0 aliphatic carbocycles. The molecular formula is C17H33N3O4. The summed E-state index contributed by atoms with van der Waals surface area (Å²) in [7, 11) is 1.35. The second-order valence-corrected chi connectivity index (χ2v) is 6.34. The van der Waals surface area contributed by atoms with Crippen LogP contribution in [0, 0.1) is 5.92 Å². The molecule has 0 unspecified atom stereocenters. The van der Waals surface area contributed by atoms with Gasteiger partial charge in [0.15, 0.2) is 0 Å². The van der Waals surface area contributed by atoms with Crippen LogP contribution in [-0.4, -0.2) is 44.4 Å². The molecule has 0 saturated heterocycles. The van der Waals surface area contributed by atoms with E-state index in [4.69, 9.17) is 0 Å². The van der Waals surface area contributed by atoms with Crippen LogP contribution in [0.1, 0.15) is 58.8 Å². The summed E-state index contributed by atoms with van der Waals surface area (Å²) in [6, 6.07) is -0.253. The zero-order valence-corrected chi connectivity index (χ0v) is 15.2. The second kappa shape index (κ2) is 15.1. The second-order valence-electron chi connectivity index (χ2n) is 6.34. The van der Waals surface area contributed by atoms with Crippen molar-refractivity contribution in [3.63, 3.8) is 0 Å². The molecule has 0 bridgehead atoms. The van der Waals surface area contributed by atoms with Crippen LogP contribution in [0.4, 0.5) is 4.79 Å². The number of nitrogens with one attached hydrogen (secondary N) is 3. The molecule has 0 fully saturated rings. The van der Waals surface area contributed by atoms with E-state index in [0.29, 0.717) is 18.9 Å². The van der Waals surface area contributed by atoms with E-state index >= 15 is 0 Å². The lowest BCUT2D eigenvalue weighted by Crippen LogP contribution is -2.44. The molecule has 0 rings (SSSR count). The van der Waals surface area contributed by atoms with Gasteiger partial charge in [0.05, 0.1) is 19.7 Å². The van der Waals surface area contributed by atoms with Crippen molar-refractivity contribution >= 4 is 18.2 Å². The number of Topliss-reactive ketones (excluding diaryl/α,β-unsaturated/α-hetero) is 1. The number of carbonyl (C=O) groups is 3. The molecule has 0 aromatic carbocycles. The first-order valence-corrected chi connectivity index (χ1v) is 8.76. The van der Waals surface area contributed by atoms with E-state index in [2.05, 4.69) is 34.8 Å². The van der Waals surface area contributed by atoms with Crippen molar-refractivity contribution in [3.05, 3.63) is 0 Å². The van der Waals surface area contributed by atoms with Gasteiger partial charge in [0.25, 0.3) is 0 Å². The van der Waals surface area contributed by atoms with Crippen molar-refractivity contribution in [2.24, 2.45) is 5.92 Å². The summed E-state index contributed by atoms with van der Waals surface area (Å²) >= 11 is 0.